The van der Waals surface area contributed by atoms with Gasteiger partial charge in [0, 0.05) is 19.0 Å². The van der Waals surface area contributed by atoms with E-state index in [4.69, 9.17) is 0 Å². The molecule has 0 aromatic carbocycles. The van der Waals surface area contributed by atoms with Gasteiger partial charge in [-0.05, 0) is 25.7 Å². The zero-order valence-electron chi connectivity index (χ0n) is 10.5. The average Bonchev–Trinajstić information content (AvgIpc) is 2.19. The number of hydrogen-bond acceptors (Lipinski definition) is 1. The Labute approximate surface area is 94.0 Å². The number of rotatable bonds is 6. The van der Waals surface area contributed by atoms with Gasteiger partial charge >= 0.3 is 0 Å². The van der Waals surface area contributed by atoms with Crippen LogP contribution < -0.4 is 0 Å². The molecule has 0 saturated heterocycles. The minimum absolute atomic E-state index is 0.200. The molecule has 0 heterocycles. The van der Waals surface area contributed by atoms with Crippen LogP contribution >= 0.6 is 0 Å². The van der Waals surface area contributed by atoms with Gasteiger partial charge in [0.15, 0.2) is 0 Å². The van der Waals surface area contributed by atoms with E-state index in [0.29, 0.717) is 5.91 Å². The summed E-state index contributed by atoms with van der Waals surface area (Å²) in [4.78, 5) is 14.0. The van der Waals surface area contributed by atoms with E-state index in [1.807, 2.05) is 11.8 Å². The van der Waals surface area contributed by atoms with E-state index in [0.717, 1.165) is 25.4 Å². The Kier molecular flexibility index (Phi) is 5.13. The van der Waals surface area contributed by atoms with Crippen LogP contribution in [0.1, 0.15) is 52.9 Å². The predicted octanol–water partition coefficient (Wildman–Crippen LogP) is 3.07. The van der Waals surface area contributed by atoms with Crippen LogP contribution in [0.25, 0.3) is 0 Å². The molecule has 0 N–H and O–H groups in total. The molecule has 1 unspecified atom stereocenters. The largest absolute Gasteiger partial charge is 0.343 e. The summed E-state index contributed by atoms with van der Waals surface area (Å²) in [6, 6.07) is 0. The van der Waals surface area contributed by atoms with Crippen LogP contribution in [-0.4, -0.2) is 23.9 Å². The monoisotopic (exact) mass is 211 g/mol. The molecule has 2 heteroatoms. The van der Waals surface area contributed by atoms with E-state index in [9.17, 15) is 4.79 Å². The molecule has 1 rings (SSSR count). The number of amides is 1. The van der Waals surface area contributed by atoms with Crippen molar-refractivity contribution in [2.45, 2.75) is 52.9 Å². The first kappa shape index (κ1) is 12.5. The van der Waals surface area contributed by atoms with Crippen molar-refractivity contribution in [1.82, 2.24) is 4.90 Å². The van der Waals surface area contributed by atoms with Gasteiger partial charge in [0.05, 0.1) is 0 Å². The van der Waals surface area contributed by atoms with Gasteiger partial charge in [-0.2, -0.15) is 0 Å². The van der Waals surface area contributed by atoms with E-state index in [-0.39, 0.29) is 5.92 Å². The predicted molar refractivity (Wildman–Crippen MR) is 63.7 cm³/mol. The standard InChI is InChI=1S/C13H25NO/c1-4-11(3)13(15)14(5-2)10-9-12-7-6-8-12/h11-12H,4-10H2,1-3H3. The summed E-state index contributed by atoms with van der Waals surface area (Å²) in [6.07, 6.45) is 6.34. The lowest BCUT2D eigenvalue weighted by Gasteiger charge is -2.30. The van der Waals surface area contributed by atoms with Crippen molar-refractivity contribution in [3.8, 4) is 0 Å². The lowest BCUT2D eigenvalue weighted by atomic mass is 9.83. The smallest absolute Gasteiger partial charge is 0.225 e. The topological polar surface area (TPSA) is 20.3 Å². The molecule has 0 aliphatic heterocycles. The highest BCUT2D eigenvalue weighted by atomic mass is 16.2. The Bertz CT molecular complexity index is 199. The van der Waals surface area contributed by atoms with Gasteiger partial charge in [0.2, 0.25) is 5.91 Å². The zero-order valence-corrected chi connectivity index (χ0v) is 10.5. The van der Waals surface area contributed by atoms with Crippen LogP contribution in [-0.2, 0) is 4.79 Å². The molecule has 0 aromatic heterocycles. The molecule has 0 radical (unpaired) electrons. The van der Waals surface area contributed by atoms with Gasteiger partial charge in [0.25, 0.3) is 0 Å². The van der Waals surface area contributed by atoms with E-state index < -0.39 is 0 Å². The summed E-state index contributed by atoms with van der Waals surface area (Å²) in [5.74, 6) is 1.45. The molecule has 1 fully saturated rings. The molecule has 15 heavy (non-hydrogen) atoms. The fraction of sp³-hybridized carbons (Fsp3) is 0.923. The molecule has 1 amide bonds. The highest BCUT2D eigenvalue weighted by Gasteiger charge is 2.21. The maximum Gasteiger partial charge on any atom is 0.225 e. The average molecular weight is 211 g/mol. The van der Waals surface area contributed by atoms with Crippen molar-refractivity contribution < 1.29 is 4.79 Å². The summed E-state index contributed by atoms with van der Waals surface area (Å²) < 4.78 is 0. The van der Waals surface area contributed by atoms with Crippen molar-refractivity contribution in [1.29, 1.82) is 0 Å². The molecular weight excluding hydrogens is 186 g/mol. The zero-order chi connectivity index (χ0) is 11.3. The molecular formula is C13H25NO. The fourth-order valence-corrected chi connectivity index (χ4v) is 2.03. The van der Waals surface area contributed by atoms with Gasteiger partial charge in [-0.25, -0.2) is 0 Å². The Hall–Kier alpha value is -0.530. The van der Waals surface area contributed by atoms with Crippen LogP contribution in [0.5, 0.6) is 0 Å². The van der Waals surface area contributed by atoms with Crippen molar-refractivity contribution in [2.24, 2.45) is 11.8 Å². The molecule has 0 aromatic rings. The number of carbonyl (C=O) groups excluding carboxylic acids is 1. The van der Waals surface area contributed by atoms with Gasteiger partial charge < -0.3 is 4.90 Å². The summed E-state index contributed by atoms with van der Waals surface area (Å²) in [5.41, 5.74) is 0. The van der Waals surface area contributed by atoms with Crippen molar-refractivity contribution in [3.63, 3.8) is 0 Å². The number of nitrogens with zero attached hydrogens (tertiary/aromatic N) is 1. The third kappa shape index (κ3) is 3.51. The van der Waals surface area contributed by atoms with E-state index >= 15 is 0 Å². The van der Waals surface area contributed by atoms with Crippen LogP contribution in [0, 0.1) is 11.8 Å². The first-order valence-corrected chi connectivity index (χ1v) is 6.47. The normalized spacial score (nSPS) is 18.3. The third-order valence-corrected chi connectivity index (χ3v) is 3.76. The summed E-state index contributed by atoms with van der Waals surface area (Å²) in [5, 5.41) is 0. The number of hydrogen-bond donors (Lipinski definition) is 0. The Balaban J connectivity index is 2.29. The van der Waals surface area contributed by atoms with Crippen LogP contribution in [0.4, 0.5) is 0 Å². The Morgan fingerprint density at radius 3 is 2.47 bits per heavy atom. The first-order valence-electron chi connectivity index (χ1n) is 6.47. The Morgan fingerprint density at radius 1 is 1.40 bits per heavy atom. The van der Waals surface area contributed by atoms with Crippen molar-refractivity contribution >= 4 is 5.91 Å². The highest BCUT2D eigenvalue weighted by Crippen LogP contribution is 2.29. The quantitative estimate of drug-likeness (QED) is 0.661. The summed E-state index contributed by atoms with van der Waals surface area (Å²) in [7, 11) is 0. The van der Waals surface area contributed by atoms with Gasteiger partial charge in [0.1, 0.15) is 0 Å². The van der Waals surface area contributed by atoms with Crippen LogP contribution in [0.3, 0.4) is 0 Å². The molecule has 2 nitrogen and oxygen atoms in total. The minimum atomic E-state index is 0.200. The molecule has 1 saturated carbocycles. The molecule has 0 bridgehead atoms. The van der Waals surface area contributed by atoms with Crippen LogP contribution in [0.15, 0.2) is 0 Å². The van der Waals surface area contributed by atoms with E-state index in [1.54, 1.807) is 0 Å². The molecule has 88 valence electrons. The third-order valence-electron chi connectivity index (χ3n) is 3.76. The van der Waals surface area contributed by atoms with E-state index in [1.165, 1.54) is 25.7 Å². The number of carbonyl (C=O) groups is 1. The SMILES string of the molecule is CCC(C)C(=O)N(CC)CCC1CCC1. The van der Waals surface area contributed by atoms with Gasteiger partial charge in [-0.15, -0.1) is 0 Å². The van der Waals surface area contributed by atoms with E-state index in [2.05, 4.69) is 13.8 Å². The summed E-state index contributed by atoms with van der Waals surface area (Å²) in [6.45, 7) is 8.05. The molecule has 1 aliphatic rings. The van der Waals surface area contributed by atoms with Crippen LogP contribution in [0.2, 0.25) is 0 Å². The summed E-state index contributed by atoms with van der Waals surface area (Å²) >= 11 is 0. The van der Waals surface area contributed by atoms with Gasteiger partial charge in [-0.1, -0.05) is 33.1 Å². The lowest BCUT2D eigenvalue weighted by molar-refractivity contribution is -0.135. The lowest BCUT2D eigenvalue weighted by Crippen LogP contribution is -2.36. The second-order valence-corrected chi connectivity index (χ2v) is 4.81. The second-order valence-electron chi connectivity index (χ2n) is 4.81. The van der Waals surface area contributed by atoms with Crippen molar-refractivity contribution in [2.75, 3.05) is 13.1 Å². The maximum absolute atomic E-state index is 12.0. The maximum atomic E-state index is 12.0. The Morgan fingerprint density at radius 2 is 2.07 bits per heavy atom. The minimum Gasteiger partial charge on any atom is -0.343 e. The molecule has 0 spiro atoms. The molecule has 1 atom stereocenters. The fourth-order valence-electron chi connectivity index (χ4n) is 2.03. The highest BCUT2D eigenvalue weighted by molar-refractivity contribution is 5.78. The second kappa shape index (κ2) is 6.14. The molecule has 1 aliphatic carbocycles. The first-order chi connectivity index (χ1) is 7.19. The van der Waals surface area contributed by atoms with Gasteiger partial charge in [-0.3, -0.25) is 4.79 Å². The van der Waals surface area contributed by atoms with Crippen molar-refractivity contribution in [3.05, 3.63) is 0 Å².